The first-order valence-electron chi connectivity index (χ1n) is 6.83. The van der Waals surface area contributed by atoms with E-state index in [0.717, 1.165) is 31.1 Å². The standard InChI is InChI=1S/C15H24N2O2/c1-12-10-17(11-15(2,3)19-12)8-9-18-14-6-4-13(16)5-7-14/h4-7,12H,8-11,16H2,1-3H3. The molecule has 1 aromatic carbocycles. The van der Waals surface area contributed by atoms with Crippen molar-refractivity contribution in [3.63, 3.8) is 0 Å². The lowest BCUT2D eigenvalue weighted by Crippen LogP contribution is -2.52. The summed E-state index contributed by atoms with van der Waals surface area (Å²) in [7, 11) is 0. The van der Waals surface area contributed by atoms with Gasteiger partial charge in [0.05, 0.1) is 11.7 Å². The van der Waals surface area contributed by atoms with Crippen molar-refractivity contribution in [2.45, 2.75) is 32.5 Å². The molecule has 1 fully saturated rings. The topological polar surface area (TPSA) is 47.7 Å². The van der Waals surface area contributed by atoms with Gasteiger partial charge in [-0.1, -0.05) is 0 Å². The van der Waals surface area contributed by atoms with Crippen molar-refractivity contribution < 1.29 is 9.47 Å². The number of nitrogen functional groups attached to an aromatic ring is 1. The molecule has 1 aliphatic rings. The monoisotopic (exact) mass is 264 g/mol. The third-order valence-electron chi connectivity index (χ3n) is 3.20. The Labute approximate surface area is 115 Å². The molecule has 0 bridgehead atoms. The van der Waals surface area contributed by atoms with Gasteiger partial charge >= 0.3 is 0 Å². The van der Waals surface area contributed by atoms with Gasteiger partial charge in [-0.3, -0.25) is 4.90 Å². The SMILES string of the molecule is CC1CN(CCOc2ccc(N)cc2)CC(C)(C)O1. The Morgan fingerprint density at radius 3 is 2.68 bits per heavy atom. The van der Waals surface area contributed by atoms with E-state index in [1.54, 1.807) is 0 Å². The van der Waals surface area contributed by atoms with Crippen molar-refractivity contribution in [1.29, 1.82) is 0 Å². The summed E-state index contributed by atoms with van der Waals surface area (Å²) in [5.41, 5.74) is 6.33. The Morgan fingerprint density at radius 2 is 2.05 bits per heavy atom. The van der Waals surface area contributed by atoms with E-state index in [1.165, 1.54) is 0 Å². The molecule has 2 rings (SSSR count). The van der Waals surface area contributed by atoms with Gasteiger partial charge in [-0.05, 0) is 45.0 Å². The number of nitrogens with zero attached hydrogens (tertiary/aromatic N) is 1. The minimum atomic E-state index is -0.0706. The van der Waals surface area contributed by atoms with E-state index in [-0.39, 0.29) is 11.7 Å². The molecule has 1 saturated heterocycles. The zero-order chi connectivity index (χ0) is 13.9. The molecule has 19 heavy (non-hydrogen) atoms. The van der Waals surface area contributed by atoms with Crippen LogP contribution in [0.25, 0.3) is 0 Å². The average molecular weight is 264 g/mol. The lowest BCUT2D eigenvalue weighted by atomic mass is 10.1. The number of rotatable bonds is 4. The van der Waals surface area contributed by atoms with Crippen LogP contribution < -0.4 is 10.5 Å². The van der Waals surface area contributed by atoms with E-state index in [9.17, 15) is 0 Å². The smallest absolute Gasteiger partial charge is 0.119 e. The minimum Gasteiger partial charge on any atom is -0.492 e. The predicted molar refractivity (Wildman–Crippen MR) is 77.4 cm³/mol. The van der Waals surface area contributed by atoms with Gasteiger partial charge in [0.2, 0.25) is 0 Å². The summed E-state index contributed by atoms with van der Waals surface area (Å²) in [6.45, 7) is 9.91. The molecule has 1 aliphatic heterocycles. The van der Waals surface area contributed by atoms with E-state index in [1.807, 2.05) is 24.3 Å². The van der Waals surface area contributed by atoms with Crippen LogP contribution in [-0.4, -0.2) is 42.8 Å². The molecule has 0 radical (unpaired) electrons. The molecule has 4 nitrogen and oxygen atoms in total. The first kappa shape index (κ1) is 14.2. The number of morpholine rings is 1. The lowest BCUT2D eigenvalue weighted by molar-refractivity contribution is -0.129. The van der Waals surface area contributed by atoms with E-state index in [4.69, 9.17) is 15.2 Å². The predicted octanol–water partition coefficient (Wildman–Crippen LogP) is 2.15. The largest absolute Gasteiger partial charge is 0.492 e. The zero-order valence-electron chi connectivity index (χ0n) is 12.1. The molecule has 0 saturated carbocycles. The summed E-state index contributed by atoms with van der Waals surface area (Å²) < 4.78 is 11.6. The summed E-state index contributed by atoms with van der Waals surface area (Å²) in [6, 6.07) is 7.52. The van der Waals surface area contributed by atoms with Gasteiger partial charge in [0.15, 0.2) is 0 Å². The molecule has 4 heteroatoms. The fourth-order valence-electron chi connectivity index (χ4n) is 2.61. The molecule has 2 N–H and O–H groups in total. The number of hydrogen-bond donors (Lipinski definition) is 1. The van der Waals surface area contributed by atoms with Gasteiger partial charge in [-0.15, -0.1) is 0 Å². The highest BCUT2D eigenvalue weighted by Gasteiger charge is 2.30. The molecular weight excluding hydrogens is 240 g/mol. The zero-order valence-corrected chi connectivity index (χ0v) is 12.1. The quantitative estimate of drug-likeness (QED) is 0.847. The van der Waals surface area contributed by atoms with E-state index in [0.29, 0.717) is 6.61 Å². The first-order valence-corrected chi connectivity index (χ1v) is 6.83. The Morgan fingerprint density at radius 1 is 1.37 bits per heavy atom. The molecule has 1 unspecified atom stereocenters. The summed E-state index contributed by atoms with van der Waals surface area (Å²) in [6.07, 6.45) is 0.278. The fraction of sp³-hybridized carbons (Fsp3) is 0.600. The highest BCUT2D eigenvalue weighted by molar-refractivity contribution is 5.41. The van der Waals surface area contributed by atoms with Gasteiger partial charge < -0.3 is 15.2 Å². The Kier molecular flexibility index (Phi) is 4.32. The number of hydrogen-bond acceptors (Lipinski definition) is 4. The number of ether oxygens (including phenoxy) is 2. The molecule has 106 valence electrons. The van der Waals surface area contributed by atoms with Crippen LogP contribution in [0.15, 0.2) is 24.3 Å². The Bertz CT molecular complexity index is 403. The number of anilines is 1. The first-order chi connectivity index (χ1) is 8.94. The van der Waals surface area contributed by atoms with Crippen LogP contribution in [0.4, 0.5) is 5.69 Å². The second-order valence-electron chi connectivity index (χ2n) is 5.84. The maximum Gasteiger partial charge on any atom is 0.119 e. The maximum absolute atomic E-state index is 5.89. The minimum absolute atomic E-state index is 0.0706. The van der Waals surface area contributed by atoms with Crippen LogP contribution in [-0.2, 0) is 4.74 Å². The Balaban J connectivity index is 1.77. The van der Waals surface area contributed by atoms with Crippen molar-refractivity contribution >= 4 is 5.69 Å². The van der Waals surface area contributed by atoms with Gasteiger partial charge in [0, 0.05) is 25.3 Å². The fourth-order valence-corrected chi connectivity index (χ4v) is 2.61. The average Bonchev–Trinajstić information content (AvgIpc) is 2.29. The molecule has 1 atom stereocenters. The van der Waals surface area contributed by atoms with E-state index >= 15 is 0 Å². The van der Waals surface area contributed by atoms with Crippen molar-refractivity contribution in [2.75, 3.05) is 32.0 Å². The summed E-state index contributed by atoms with van der Waals surface area (Å²) in [4.78, 5) is 2.39. The Hall–Kier alpha value is -1.26. The second-order valence-corrected chi connectivity index (χ2v) is 5.84. The highest BCUT2D eigenvalue weighted by atomic mass is 16.5. The van der Waals surface area contributed by atoms with Crippen molar-refractivity contribution in [3.05, 3.63) is 24.3 Å². The molecule has 0 spiro atoms. The second kappa shape index (κ2) is 5.80. The lowest BCUT2D eigenvalue weighted by Gasteiger charge is -2.41. The van der Waals surface area contributed by atoms with E-state index in [2.05, 4.69) is 25.7 Å². The van der Waals surface area contributed by atoms with Crippen molar-refractivity contribution in [3.8, 4) is 5.75 Å². The number of nitrogens with two attached hydrogens (primary N) is 1. The van der Waals surface area contributed by atoms with Crippen molar-refractivity contribution in [2.24, 2.45) is 0 Å². The van der Waals surface area contributed by atoms with Crippen LogP contribution in [0.3, 0.4) is 0 Å². The highest BCUT2D eigenvalue weighted by Crippen LogP contribution is 2.20. The maximum atomic E-state index is 5.89. The molecule has 0 aromatic heterocycles. The third-order valence-corrected chi connectivity index (χ3v) is 3.20. The summed E-state index contributed by atoms with van der Waals surface area (Å²) >= 11 is 0. The normalized spacial score (nSPS) is 23.2. The molecule has 1 aromatic rings. The summed E-state index contributed by atoms with van der Waals surface area (Å²) in [5.74, 6) is 0.870. The molecule has 1 heterocycles. The van der Waals surface area contributed by atoms with Gasteiger partial charge in [-0.2, -0.15) is 0 Å². The van der Waals surface area contributed by atoms with Gasteiger partial charge in [0.1, 0.15) is 12.4 Å². The molecule has 0 amide bonds. The van der Waals surface area contributed by atoms with E-state index < -0.39 is 0 Å². The van der Waals surface area contributed by atoms with Crippen LogP contribution in [0.5, 0.6) is 5.75 Å². The third kappa shape index (κ3) is 4.40. The van der Waals surface area contributed by atoms with Gasteiger partial charge in [-0.25, -0.2) is 0 Å². The summed E-state index contributed by atoms with van der Waals surface area (Å²) in [5, 5.41) is 0. The van der Waals surface area contributed by atoms with Crippen LogP contribution in [0, 0.1) is 0 Å². The number of benzene rings is 1. The van der Waals surface area contributed by atoms with Crippen molar-refractivity contribution in [1.82, 2.24) is 4.90 Å². The van der Waals surface area contributed by atoms with Gasteiger partial charge in [0.25, 0.3) is 0 Å². The van der Waals surface area contributed by atoms with Crippen LogP contribution >= 0.6 is 0 Å². The molecule has 0 aliphatic carbocycles. The molecular formula is C15H24N2O2. The van der Waals surface area contributed by atoms with Crippen LogP contribution in [0.2, 0.25) is 0 Å². The van der Waals surface area contributed by atoms with Crippen LogP contribution in [0.1, 0.15) is 20.8 Å².